The maximum atomic E-state index is 13.4. The van der Waals surface area contributed by atoms with E-state index in [9.17, 15) is 9.59 Å². The molecule has 3 aromatic rings. The number of anilines is 1. The van der Waals surface area contributed by atoms with E-state index in [0.717, 1.165) is 11.3 Å². The number of aryl methyl sites for hydroxylation is 2. The highest BCUT2D eigenvalue weighted by atomic mass is 16.3. The highest BCUT2D eigenvalue weighted by Gasteiger charge is 2.32. The zero-order valence-corrected chi connectivity index (χ0v) is 19.4. The number of amides is 2. The minimum absolute atomic E-state index is 0.167. The van der Waals surface area contributed by atoms with Crippen LogP contribution in [0.2, 0.25) is 0 Å². The maximum absolute atomic E-state index is 13.4. The lowest BCUT2D eigenvalue weighted by Crippen LogP contribution is -2.54. The quantitative estimate of drug-likeness (QED) is 0.607. The molecule has 2 heterocycles. The van der Waals surface area contributed by atoms with Gasteiger partial charge < -0.3 is 9.73 Å². The van der Waals surface area contributed by atoms with Crippen LogP contribution in [0.25, 0.3) is 11.6 Å². The van der Waals surface area contributed by atoms with Crippen LogP contribution in [0, 0.1) is 13.8 Å². The molecule has 2 amide bonds. The zero-order valence-electron chi connectivity index (χ0n) is 19.4. The number of hydrogen-bond donors (Lipinski definition) is 1. The van der Waals surface area contributed by atoms with Crippen molar-refractivity contribution in [3.05, 3.63) is 47.7 Å². The monoisotopic (exact) mass is 438 g/mol. The Morgan fingerprint density at radius 1 is 1.12 bits per heavy atom. The van der Waals surface area contributed by atoms with Crippen molar-refractivity contribution < 1.29 is 14.0 Å². The molecule has 1 aromatic carbocycles. The molecule has 0 bridgehead atoms. The van der Waals surface area contributed by atoms with E-state index < -0.39 is 11.6 Å². The van der Waals surface area contributed by atoms with Gasteiger partial charge in [0, 0.05) is 11.2 Å². The minimum Gasteiger partial charge on any atom is -0.458 e. The summed E-state index contributed by atoms with van der Waals surface area (Å²) in [6.07, 6.45) is 0.448. The molecule has 0 aliphatic carbocycles. The summed E-state index contributed by atoms with van der Waals surface area (Å²) in [5.74, 6) is 0.975. The van der Waals surface area contributed by atoms with Crippen molar-refractivity contribution in [1.82, 2.24) is 25.5 Å². The smallest absolute Gasteiger partial charge is 0.251 e. The molecule has 9 heteroatoms. The van der Waals surface area contributed by atoms with Crippen LogP contribution in [0.15, 0.2) is 40.8 Å². The molecule has 1 atom stereocenters. The first-order chi connectivity index (χ1) is 15.1. The third kappa shape index (κ3) is 5.60. The fraction of sp³-hybridized carbons (Fsp3) is 0.435. The van der Waals surface area contributed by atoms with Crippen LogP contribution in [0.4, 0.5) is 5.69 Å². The van der Waals surface area contributed by atoms with Crippen molar-refractivity contribution >= 4 is 17.5 Å². The molecule has 2 aromatic heterocycles. The third-order valence-corrected chi connectivity index (χ3v) is 4.77. The first-order valence-corrected chi connectivity index (χ1v) is 10.6. The van der Waals surface area contributed by atoms with E-state index in [0.29, 0.717) is 23.7 Å². The normalized spacial score (nSPS) is 12.4. The topological polar surface area (TPSA) is 106 Å². The summed E-state index contributed by atoms with van der Waals surface area (Å²) in [7, 11) is 0. The Hall–Kier alpha value is -3.49. The van der Waals surface area contributed by atoms with E-state index in [-0.39, 0.29) is 18.4 Å². The van der Waals surface area contributed by atoms with E-state index in [2.05, 4.69) is 20.7 Å². The fourth-order valence-electron chi connectivity index (χ4n) is 3.30. The second kappa shape index (κ2) is 9.33. The molecule has 170 valence electrons. The molecule has 0 saturated heterocycles. The van der Waals surface area contributed by atoms with Gasteiger partial charge in [-0.3, -0.25) is 14.5 Å². The Labute approximate surface area is 187 Å². The summed E-state index contributed by atoms with van der Waals surface area (Å²) in [5, 5.41) is 15.2. The summed E-state index contributed by atoms with van der Waals surface area (Å²) in [6, 6.07) is 10.4. The summed E-state index contributed by atoms with van der Waals surface area (Å²) >= 11 is 0. The Kier molecular flexibility index (Phi) is 6.76. The second-order valence-corrected chi connectivity index (χ2v) is 8.82. The summed E-state index contributed by atoms with van der Waals surface area (Å²) in [5.41, 5.74) is 1.28. The van der Waals surface area contributed by atoms with E-state index in [4.69, 9.17) is 4.42 Å². The molecular weight excluding hydrogens is 408 g/mol. The number of carbonyl (C=O) groups excluding carboxylic acids is 2. The first kappa shape index (κ1) is 23.2. The zero-order chi connectivity index (χ0) is 23.5. The number of benzene rings is 1. The van der Waals surface area contributed by atoms with Gasteiger partial charge >= 0.3 is 0 Å². The van der Waals surface area contributed by atoms with Crippen LogP contribution in [0.1, 0.15) is 45.4 Å². The van der Waals surface area contributed by atoms with Gasteiger partial charge in [-0.2, -0.15) is 4.80 Å². The van der Waals surface area contributed by atoms with Gasteiger partial charge in [0.2, 0.25) is 11.7 Å². The molecule has 0 aliphatic rings. The lowest BCUT2D eigenvalue weighted by atomic mass is 10.1. The van der Waals surface area contributed by atoms with Gasteiger partial charge in [0.1, 0.15) is 18.3 Å². The van der Waals surface area contributed by atoms with Gasteiger partial charge in [-0.25, -0.2) is 0 Å². The van der Waals surface area contributed by atoms with E-state index >= 15 is 0 Å². The Bertz CT molecular complexity index is 1080. The van der Waals surface area contributed by atoms with E-state index in [1.165, 1.54) is 9.70 Å². The number of tetrazole rings is 1. The van der Waals surface area contributed by atoms with E-state index in [1.54, 1.807) is 12.1 Å². The summed E-state index contributed by atoms with van der Waals surface area (Å²) in [6.45, 7) is 11.2. The molecule has 1 N–H and O–H groups in total. The molecule has 0 saturated carbocycles. The van der Waals surface area contributed by atoms with Crippen molar-refractivity contribution in [2.24, 2.45) is 0 Å². The molecule has 0 aliphatic heterocycles. The number of rotatable bonds is 7. The van der Waals surface area contributed by atoms with Gasteiger partial charge in [-0.15, -0.1) is 10.2 Å². The molecule has 3 rings (SSSR count). The van der Waals surface area contributed by atoms with Crippen molar-refractivity contribution in [2.45, 2.75) is 66.1 Å². The Morgan fingerprint density at radius 3 is 2.38 bits per heavy atom. The minimum atomic E-state index is -0.680. The average Bonchev–Trinajstić information content (AvgIpc) is 3.34. The lowest BCUT2D eigenvalue weighted by Gasteiger charge is -2.33. The van der Waals surface area contributed by atoms with Crippen LogP contribution >= 0.6 is 0 Å². The molecule has 0 radical (unpaired) electrons. The lowest BCUT2D eigenvalue weighted by molar-refractivity contribution is -0.128. The molecule has 0 spiro atoms. The van der Waals surface area contributed by atoms with Crippen molar-refractivity contribution in [2.75, 3.05) is 4.90 Å². The van der Waals surface area contributed by atoms with Gasteiger partial charge in [-0.05, 0) is 70.5 Å². The van der Waals surface area contributed by atoms with Crippen molar-refractivity contribution in [3.63, 3.8) is 0 Å². The first-order valence-electron chi connectivity index (χ1n) is 10.6. The van der Waals surface area contributed by atoms with Crippen molar-refractivity contribution in [1.29, 1.82) is 0 Å². The Balaban J connectivity index is 1.88. The molecule has 1 unspecified atom stereocenters. The molecule has 32 heavy (non-hydrogen) atoms. The van der Waals surface area contributed by atoms with Gasteiger partial charge in [0.25, 0.3) is 5.91 Å². The molecular formula is C23H30N6O3. The van der Waals surface area contributed by atoms with E-state index in [1.807, 2.05) is 65.8 Å². The number of carbonyl (C=O) groups is 2. The maximum Gasteiger partial charge on any atom is 0.251 e. The standard InChI is InChI=1S/C23H30N6O3/c1-7-18(22(31)24-23(4,5)6)29(17-11-8-15(2)9-12-17)20(30)14-28-26-21(25-27-28)19-13-10-16(3)32-19/h8-13,18H,7,14H2,1-6H3,(H,24,31). The van der Waals surface area contributed by atoms with Crippen LogP contribution in [-0.2, 0) is 16.1 Å². The largest absolute Gasteiger partial charge is 0.458 e. The highest BCUT2D eigenvalue weighted by molar-refractivity contribution is 6.00. The number of furan rings is 1. The number of nitrogens with zero attached hydrogens (tertiary/aromatic N) is 5. The van der Waals surface area contributed by atoms with Crippen LogP contribution < -0.4 is 10.2 Å². The molecule has 9 nitrogen and oxygen atoms in total. The third-order valence-electron chi connectivity index (χ3n) is 4.77. The highest BCUT2D eigenvalue weighted by Crippen LogP contribution is 2.22. The van der Waals surface area contributed by atoms with Gasteiger partial charge in [0.15, 0.2) is 5.76 Å². The Morgan fingerprint density at radius 2 is 1.81 bits per heavy atom. The van der Waals surface area contributed by atoms with Gasteiger partial charge in [-0.1, -0.05) is 24.6 Å². The van der Waals surface area contributed by atoms with Crippen LogP contribution in [0.3, 0.4) is 0 Å². The van der Waals surface area contributed by atoms with Gasteiger partial charge in [0.05, 0.1) is 0 Å². The number of nitrogens with one attached hydrogen (secondary N) is 1. The average molecular weight is 439 g/mol. The predicted octanol–water partition coefficient (Wildman–Crippen LogP) is 3.28. The van der Waals surface area contributed by atoms with Crippen LogP contribution in [-0.4, -0.2) is 43.6 Å². The predicted molar refractivity (Wildman–Crippen MR) is 121 cm³/mol. The second-order valence-electron chi connectivity index (χ2n) is 8.82. The fourth-order valence-corrected chi connectivity index (χ4v) is 3.30. The van der Waals surface area contributed by atoms with Crippen LogP contribution in [0.5, 0.6) is 0 Å². The molecule has 0 fully saturated rings. The number of aromatic nitrogens is 4. The SMILES string of the molecule is CCC(C(=O)NC(C)(C)C)N(C(=O)Cn1nnc(-c2ccc(C)o2)n1)c1ccc(C)cc1. The van der Waals surface area contributed by atoms with Crippen molar-refractivity contribution in [3.8, 4) is 11.6 Å². The summed E-state index contributed by atoms with van der Waals surface area (Å²) in [4.78, 5) is 29.2. The number of hydrogen-bond acceptors (Lipinski definition) is 6. The summed E-state index contributed by atoms with van der Waals surface area (Å²) < 4.78 is 5.52.